The number of para-hydroxylation sites is 1. The van der Waals surface area contributed by atoms with Gasteiger partial charge in [0.05, 0.1) is 0 Å². The number of carbonyl (C=O) groups is 1. The number of hydrogen-bond acceptors (Lipinski definition) is 3. The van der Waals surface area contributed by atoms with Crippen LogP contribution in [-0.2, 0) is 11.2 Å². The van der Waals surface area contributed by atoms with E-state index in [9.17, 15) is 4.79 Å². The fourth-order valence-corrected chi connectivity index (χ4v) is 1.87. The number of rotatable bonds is 4. The largest absolute Gasteiger partial charge is 0.396 e. The highest BCUT2D eigenvalue weighted by Crippen LogP contribution is 2.24. The number of aliphatic hydroxyl groups excluding tert-OH is 1. The van der Waals surface area contributed by atoms with Crippen molar-refractivity contribution in [3.63, 3.8) is 0 Å². The van der Waals surface area contributed by atoms with E-state index in [0.29, 0.717) is 13.0 Å². The van der Waals surface area contributed by atoms with E-state index in [0.717, 1.165) is 12.1 Å². The number of anilines is 1. The Morgan fingerprint density at radius 2 is 2.31 bits per heavy atom. The van der Waals surface area contributed by atoms with Crippen LogP contribution in [0.15, 0.2) is 24.3 Å². The van der Waals surface area contributed by atoms with Crippen LogP contribution >= 0.6 is 0 Å². The molecule has 16 heavy (non-hydrogen) atoms. The molecule has 0 unspecified atom stereocenters. The molecule has 4 heteroatoms. The third-order valence-corrected chi connectivity index (χ3v) is 2.72. The average Bonchev–Trinajstić information content (AvgIpc) is 2.73. The van der Waals surface area contributed by atoms with Crippen LogP contribution in [0.2, 0.25) is 0 Å². The molecule has 1 aliphatic heterocycles. The smallest absolute Gasteiger partial charge is 0.242 e. The Balaban J connectivity index is 1.88. The first-order valence-corrected chi connectivity index (χ1v) is 5.54. The quantitative estimate of drug-likeness (QED) is 0.648. The van der Waals surface area contributed by atoms with Gasteiger partial charge in [0.15, 0.2) is 0 Å². The molecular weight excluding hydrogens is 204 g/mol. The molecule has 0 aromatic heterocycles. The van der Waals surface area contributed by atoms with Gasteiger partial charge in [-0.1, -0.05) is 18.2 Å². The molecule has 1 aromatic rings. The number of hydrogen-bond donors (Lipinski definition) is 3. The average molecular weight is 220 g/mol. The summed E-state index contributed by atoms with van der Waals surface area (Å²) in [5.41, 5.74) is 2.23. The molecule has 1 amide bonds. The first kappa shape index (κ1) is 11.0. The molecule has 0 saturated carbocycles. The van der Waals surface area contributed by atoms with Crippen molar-refractivity contribution in [2.75, 3.05) is 18.5 Å². The zero-order valence-corrected chi connectivity index (χ0v) is 9.07. The Hall–Kier alpha value is -1.55. The van der Waals surface area contributed by atoms with E-state index in [1.54, 1.807) is 0 Å². The first-order chi connectivity index (χ1) is 7.81. The van der Waals surface area contributed by atoms with Crippen molar-refractivity contribution in [3.05, 3.63) is 29.8 Å². The van der Waals surface area contributed by atoms with E-state index in [4.69, 9.17) is 5.11 Å². The second-order valence-corrected chi connectivity index (χ2v) is 3.93. The molecule has 0 bridgehead atoms. The van der Waals surface area contributed by atoms with Crippen LogP contribution in [0.3, 0.4) is 0 Å². The maximum atomic E-state index is 11.7. The predicted octanol–water partition coefficient (Wildman–Crippen LogP) is 0.522. The normalized spacial score (nSPS) is 17.7. The maximum absolute atomic E-state index is 11.7. The molecule has 1 aromatic carbocycles. The standard InChI is InChI=1S/C12H16N2O2/c15-7-3-6-13-12(16)11-8-9-4-1-2-5-10(9)14-11/h1-2,4-5,11,14-15H,3,6-8H2,(H,13,16)/t11-/m0/s1. The maximum Gasteiger partial charge on any atom is 0.242 e. The summed E-state index contributed by atoms with van der Waals surface area (Å²) < 4.78 is 0. The number of fused-ring (bicyclic) bond motifs is 1. The third kappa shape index (κ3) is 2.33. The van der Waals surface area contributed by atoms with Crippen molar-refractivity contribution in [1.29, 1.82) is 0 Å². The second-order valence-electron chi connectivity index (χ2n) is 3.93. The highest BCUT2D eigenvalue weighted by atomic mass is 16.3. The minimum atomic E-state index is -0.170. The zero-order valence-electron chi connectivity index (χ0n) is 9.07. The van der Waals surface area contributed by atoms with Crippen LogP contribution in [0.4, 0.5) is 5.69 Å². The molecule has 0 radical (unpaired) electrons. The van der Waals surface area contributed by atoms with Gasteiger partial charge in [0.2, 0.25) is 5.91 Å². The van der Waals surface area contributed by atoms with Gasteiger partial charge in [-0.05, 0) is 18.1 Å². The summed E-state index contributed by atoms with van der Waals surface area (Å²) in [5, 5.41) is 14.6. The molecule has 86 valence electrons. The monoisotopic (exact) mass is 220 g/mol. The Morgan fingerprint density at radius 3 is 3.06 bits per heavy atom. The molecule has 0 spiro atoms. The fraction of sp³-hybridized carbons (Fsp3) is 0.417. The number of nitrogens with one attached hydrogen (secondary N) is 2. The molecule has 4 nitrogen and oxygen atoms in total. The Kier molecular flexibility index (Phi) is 3.41. The molecule has 0 aliphatic carbocycles. The van der Waals surface area contributed by atoms with Crippen LogP contribution in [0, 0.1) is 0 Å². The van der Waals surface area contributed by atoms with E-state index < -0.39 is 0 Å². The fourth-order valence-electron chi connectivity index (χ4n) is 1.87. The molecule has 1 aliphatic rings. The van der Waals surface area contributed by atoms with E-state index >= 15 is 0 Å². The van der Waals surface area contributed by atoms with Gasteiger partial charge in [-0.3, -0.25) is 4.79 Å². The van der Waals surface area contributed by atoms with Crippen molar-refractivity contribution in [1.82, 2.24) is 5.32 Å². The SMILES string of the molecule is O=C(NCCCO)[C@@H]1Cc2ccccc2N1. The van der Waals surface area contributed by atoms with Crippen LogP contribution in [0.1, 0.15) is 12.0 Å². The lowest BCUT2D eigenvalue weighted by atomic mass is 10.1. The highest BCUT2D eigenvalue weighted by Gasteiger charge is 2.25. The van der Waals surface area contributed by atoms with Gasteiger partial charge < -0.3 is 15.7 Å². The van der Waals surface area contributed by atoms with Crippen LogP contribution in [0.25, 0.3) is 0 Å². The van der Waals surface area contributed by atoms with E-state index in [-0.39, 0.29) is 18.6 Å². The van der Waals surface area contributed by atoms with Gasteiger partial charge in [-0.25, -0.2) is 0 Å². The molecule has 2 rings (SSSR count). The molecule has 0 saturated heterocycles. The summed E-state index contributed by atoms with van der Waals surface area (Å²) in [7, 11) is 0. The summed E-state index contributed by atoms with van der Waals surface area (Å²) in [4.78, 5) is 11.7. The molecule has 1 atom stereocenters. The minimum absolute atomic E-state index is 0.00431. The number of carbonyl (C=O) groups excluding carboxylic acids is 1. The summed E-state index contributed by atoms with van der Waals surface area (Å²) in [6.45, 7) is 0.641. The summed E-state index contributed by atoms with van der Waals surface area (Å²) in [6, 6.07) is 7.78. The molecule has 3 N–H and O–H groups in total. The van der Waals surface area contributed by atoms with E-state index in [2.05, 4.69) is 10.6 Å². The predicted molar refractivity (Wildman–Crippen MR) is 62.3 cm³/mol. The van der Waals surface area contributed by atoms with Crippen LogP contribution in [-0.4, -0.2) is 30.2 Å². The number of aliphatic hydroxyl groups is 1. The van der Waals surface area contributed by atoms with E-state index in [1.807, 2.05) is 24.3 Å². The van der Waals surface area contributed by atoms with Crippen molar-refractivity contribution in [3.8, 4) is 0 Å². The molecular formula is C12H16N2O2. The minimum Gasteiger partial charge on any atom is -0.396 e. The molecule has 1 heterocycles. The lowest BCUT2D eigenvalue weighted by Crippen LogP contribution is -2.39. The van der Waals surface area contributed by atoms with Crippen LogP contribution < -0.4 is 10.6 Å². The van der Waals surface area contributed by atoms with Gasteiger partial charge in [0, 0.05) is 25.3 Å². The van der Waals surface area contributed by atoms with Crippen LogP contribution in [0.5, 0.6) is 0 Å². The lowest BCUT2D eigenvalue weighted by Gasteiger charge is -2.11. The van der Waals surface area contributed by atoms with Gasteiger partial charge in [0.25, 0.3) is 0 Å². The van der Waals surface area contributed by atoms with Gasteiger partial charge >= 0.3 is 0 Å². The zero-order chi connectivity index (χ0) is 11.4. The number of benzene rings is 1. The van der Waals surface area contributed by atoms with Gasteiger partial charge in [-0.2, -0.15) is 0 Å². The van der Waals surface area contributed by atoms with Gasteiger partial charge in [-0.15, -0.1) is 0 Å². The van der Waals surface area contributed by atoms with Crippen molar-refractivity contribution in [2.24, 2.45) is 0 Å². The first-order valence-electron chi connectivity index (χ1n) is 5.54. The molecule has 0 fully saturated rings. The Morgan fingerprint density at radius 1 is 1.50 bits per heavy atom. The second kappa shape index (κ2) is 4.99. The Bertz CT molecular complexity index is 354. The van der Waals surface area contributed by atoms with Gasteiger partial charge in [0.1, 0.15) is 6.04 Å². The summed E-state index contributed by atoms with van der Waals surface area (Å²) in [5.74, 6) is 0.00431. The third-order valence-electron chi connectivity index (χ3n) is 2.72. The van der Waals surface area contributed by atoms with Crippen molar-refractivity contribution < 1.29 is 9.90 Å². The van der Waals surface area contributed by atoms with Crippen molar-refractivity contribution >= 4 is 11.6 Å². The summed E-state index contributed by atoms with van der Waals surface area (Å²) >= 11 is 0. The summed E-state index contributed by atoms with van der Waals surface area (Å²) in [6.07, 6.45) is 1.34. The lowest BCUT2D eigenvalue weighted by molar-refractivity contribution is -0.121. The number of amides is 1. The highest BCUT2D eigenvalue weighted by molar-refractivity contribution is 5.87. The van der Waals surface area contributed by atoms with E-state index in [1.165, 1.54) is 5.56 Å². The Labute approximate surface area is 94.7 Å². The topological polar surface area (TPSA) is 61.4 Å². The van der Waals surface area contributed by atoms with Crippen molar-refractivity contribution in [2.45, 2.75) is 18.9 Å².